The molecule has 0 bridgehead atoms. The molecule has 5 nitrogen and oxygen atoms in total. The van der Waals surface area contributed by atoms with E-state index in [-0.39, 0.29) is 11.5 Å². The zero-order chi connectivity index (χ0) is 14.7. The van der Waals surface area contributed by atoms with Crippen LogP contribution in [0.5, 0.6) is 5.88 Å². The fourth-order valence-corrected chi connectivity index (χ4v) is 3.72. The Labute approximate surface area is 125 Å². The second-order valence-electron chi connectivity index (χ2n) is 6.29. The van der Waals surface area contributed by atoms with Crippen molar-refractivity contribution in [1.29, 1.82) is 0 Å². The first kappa shape index (κ1) is 14.7. The summed E-state index contributed by atoms with van der Waals surface area (Å²) in [5.41, 5.74) is 0.635. The van der Waals surface area contributed by atoms with Crippen molar-refractivity contribution < 1.29 is 14.6 Å². The Morgan fingerprint density at radius 3 is 2.76 bits per heavy atom. The smallest absolute Gasteiger partial charge is 0.233 e. The van der Waals surface area contributed by atoms with Crippen LogP contribution in [0, 0.1) is 5.92 Å². The van der Waals surface area contributed by atoms with Gasteiger partial charge in [0.25, 0.3) is 0 Å². The van der Waals surface area contributed by atoms with Gasteiger partial charge in [-0.25, -0.2) is 0 Å². The lowest BCUT2D eigenvalue weighted by atomic mass is 9.74. The Morgan fingerprint density at radius 2 is 2.10 bits per heavy atom. The number of methoxy groups -OCH3 is 1. The first-order valence-electron chi connectivity index (χ1n) is 7.92. The monoisotopic (exact) mass is 292 g/mol. The lowest BCUT2D eigenvalue weighted by Crippen LogP contribution is -2.42. The number of aromatic nitrogens is 2. The fourth-order valence-electron chi connectivity index (χ4n) is 3.72. The van der Waals surface area contributed by atoms with Crippen LogP contribution < -0.4 is 4.74 Å². The normalized spacial score (nSPS) is 26.5. The van der Waals surface area contributed by atoms with E-state index in [2.05, 4.69) is 10.2 Å². The summed E-state index contributed by atoms with van der Waals surface area (Å²) >= 11 is 0. The number of nitrogens with zero attached hydrogens (tertiary/aromatic N) is 2. The average molecular weight is 292 g/mol. The van der Waals surface area contributed by atoms with Crippen LogP contribution in [0.1, 0.15) is 56.7 Å². The standard InChI is InChI=1S/C16H24N2O3/c1-20-14-6-5-13(17-18-14)15(19)12-7-10-21-16(11-12)8-3-2-4-9-16/h5-6,12,15,19H,2-4,7-11H2,1H3. The van der Waals surface area contributed by atoms with E-state index in [1.165, 1.54) is 19.3 Å². The molecule has 2 atom stereocenters. The quantitative estimate of drug-likeness (QED) is 0.928. The lowest BCUT2D eigenvalue weighted by molar-refractivity contribution is -0.134. The average Bonchev–Trinajstić information content (AvgIpc) is 2.55. The van der Waals surface area contributed by atoms with E-state index in [1.54, 1.807) is 19.2 Å². The van der Waals surface area contributed by atoms with Crippen LogP contribution in [0.3, 0.4) is 0 Å². The van der Waals surface area contributed by atoms with E-state index < -0.39 is 6.10 Å². The molecule has 1 aliphatic carbocycles. The molecule has 0 amide bonds. The summed E-state index contributed by atoms with van der Waals surface area (Å²) in [4.78, 5) is 0. The van der Waals surface area contributed by atoms with Gasteiger partial charge < -0.3 is 14.6 Å². The minimum Gasteiger partial charge on any atom is -0.480 e. The SMILES string of the molecule is COc1ccc(C(O)C2CCOC3(CCCCC3)C2)nn1. The third-order valence-electron chi connectivity index (χ3n) is 4.92. The number of ether oxygens (including phenoxy) is 2. The van der Waals surface area contributed by atoms with Crippen LogP contribution in [0.15, 0.2) is 12.1 Å². The first-order chi connectivity index (χ1) is 10.2. The second-order valence-corrected chi connectivity index (χ2v) is 6.29. The summed E-state index contributed by atoms with van der Waals surface area (Å²) in [6, 6.07) is 3.56. The topological polar surface area (TPSA) is 64.5 Å². The van der Waals surface area contributed by atoms with Gasteiger partial charge in [-0.2, -0.15) is 0 Å². The summed E-state index contributed by atoms with van der Waals surface area (Å²) in [7, 11) is 1.56. The minimum absolute atomic E-state index is 0.00203. The van der Waals surface area contributed by atoms with E-state index in [0.717, 1.165) is 32.3 Å². The highest BCUT2D eigenvalue weighted by Gasteiger charge is 2.41. The molecular weight excluding hydrogens is 268 g/mol. The molecule has 0 radical (unpaired) electrons. The van der Waals surface area contributed by atoms with Crippen LogP contribution in [0.4, 0.5) is 0 Å². The number of aliphatic hydroxyl groups is 1. The Morgan fingerprint density at radius 1 is 1.29 bits per heavy atom. The van der Waals surface area contributed by atoms with Crippen LogP contribution in [-0.4, -0.2) is 34.6 Å². The predicted molar refractivity (Wildman–Crippen MR) is 78.0 cm³/mol. The molecule has 2 aliphatic rings. The molecule has 1 N–H and O–H groups in total. The van der Waals surface area contributed by atoms with Crippen molar-refractivity contribution in [2.24, 2.45) is 5.92 Å². The van der Waals surface area contributed by atoms with Crippen molar-refractivity contribution in [1.82, 2.24) is 10.2 Å². The number of aliphatic hydroxyl groups excluding tert-OH is 1. The van der Waals surface area contributed by atoms with Gasteiger partial charge in [-0.15, -0.1) is 10.2 Å². The molecular formula is C16H24N2O3. The summed E-state index contributed by atoms with van der Waals surface area (Å²) in [6.07, 6.45) is 7.30. The molecule has 1 saturated heterocycles. The van der Waals surface area contributed by atoms with Crippen molar-refractivity contribution >= 4 is 0 Å². The molecule has 1 spiro atoms. The third-order valence-corrected chi connectivity index (χ3v) is 4.92. The summed E-state index contributed by atoms with van der Waals surface area (Å²) < 4.78 is 11.1. The van der Waals surface area contributed by atoms with Crippen molar-refractivity contribution in [3.8, 4) is 5.88 Å². The van der Waals surface area contributed by atoms with Crippen molar-refractivity contribution in [3.63, 3.8) is 0 Å². The molecule has 2 fully saturated rings. The molecule has 1 aliphatic heterocycles. The Kier molecular flexibility index (Phi) is 4.40. The largest absolute Gasteiger partial charge is 0.480 e. The summed E-state index contributed by atoms with van der Waals surface area (Å²) in [6.45, 7) is 0.741. The summed E-state index contributed by atoms with van der Waals surface area (Å²) in [5, 5.41) is 18.7. The van der Waals surface area contributed by atoms with Crippen molar-refractivity contribution in [3.05, 3.63) is 17.8 Å². The molecule has 0 aromatic carbocycles. The number of hydrogen-bond acceptors (Lipinski definition) is 5. The second kappa shape index (κ2) is 6.28. The highest BCUT2D eigenvalue weighted by molar-refractivity contribution is 5.14. The fraction of sp³-hybridized carbons (Fsp3) is 0.750. The third kappa shape index (κ3) is 3.19. The van der Waals surface area contributed by atoms with Crippen molar-refractivity contribution in [2.45, 2.75) is 56.7 Å². The van der Waals surface area contributed by atoms with E-state index in [1.807, 2.05) is 0 Å². The minimum atomic E-state index is -0.564. The van der Waals surface area contributed by atoms with E-state index in [0.29, 0.717) is 11.6 Å². The molecule has 2 unspecified atom stereocenters. The number of rotatable bonds is 3. The molecule has 1 aromatic rings. The van der Waals surface area contributed by atoms with Gasteiger partial charge >= 0.3 is 0 Å². The lowest BCUT2D eigenvalue weighted by Gasteiger charge is -2.44. The molecule has 5 heteroatoms. The van der Waals surface area contributed by atoms with Crippen LogP contribution in [0.25, 0.3) is 0 Å². The van der Waals surface area contributed by atoms with E-state index in [9.17, 15) is 5.11 Å². The maximum Gasteiger partial charge on any atom is 0.233 e. The molecule has 21 heavy (non-hydrogen) atoms. The van der Waals surface area contributed by atoms with Gasteiger partial charge in [-0.1, -0.05) is 19.3 Å². The maximum atomic E-state index is 10.6. The van der Waals surface area contributed by atoms with Gasteiger partial charge in [-0.3, -0.25) is 0 Å². The summed E-state index contributed by atoms with van der Waals surface area (Å²) in [5.74, 6) is 0.682. The van der Waals surface area contributed by atoms with Gasteiger partial charge in [0.2, 0.25) is 5.88 Å². The molecule has 3 rings (SSSR count). The Hall–Kier alpha value is -1.20. The first-order valence-corrected chi connectivity index (χ1v) is 7.92. The van der Waals surface area contributed by atoms with Crippen LogP contribution >= 0.6 is 0 Å². The maximum absolute atomic E-state index is 10.6. The van der Waals surface area contributed by atoms with E-state index in [4.69, 9.17) is 9.47 Å². The zero-order valence-electron chi connectivity index (χ0n) is 12.6. The Balaban J connectivity index is 1.69. The molecule has 116 valence electrons. The highest BCUT2D eigenvalue weighted by atomic mass is 16.5. The predicted octanol–water partition coefficient (Wildman–Crippen LogP) is 2.65. The van der Waals surface area contributed by atoms with Crippen LogP contribution in [0.2, 0.25) is 0 Å². The molecule has 1 aromatic heterocycles. The van der Waals surface area contributed by atoms with Gasteiger partial charge in [0.15, 0.2) is 0 Å². The zero-order valence-corrected chi connectivity index (χ0v) is 12.6. The van der Waals surface area contributed by atoms with Gasteiger partial charge in [0.05, 0.1) is 18.4 Å². The van der Waals surface area contributed by atoms with Crippen molar-refractivity contribution in [2.75, 3.05) is 13.7 Å². The van der Waals surface area contributed by atoms with Crippen LogP contribution in [-0.2, 0) is 4.74 Å². The Bertz CT molecular complexity index is 452. The number of hydrogen-bond donors (Lipinski definition) is 1. The van der Waals surface area contributed by atoms with Gasteiger partial charge in [0.1, 0.15) is 6.10 Å². The molecule has 1 saturated carbocycles. The molecule has 2 heterocycles. The highest BCUT2D eigenvalue weighted by Crippen LogP contribution is 2.43. The van der Waals surface area contributed by atoms with Gasteiger partial charge in [0, 0.05) is 12.7 Å². The van der Waals surface area contributed by atoms with Gasteiger partial charge in [-0.05, 0) is 37.7 Å². The van der Waals surface area contributed by atoms with E-state index >= 15 is 0 Å².